The summed E-state index contributed by atoms with van der Waals surface area (Å²) in [5, 5.41) is 6.26. The standard InChI is InChI=1S/C21H21Cl2N3O3/c22-17-7-6-15(12-18(17)23)20(28)24-13-19(27)26-10-8-16(9-11-26)25-21(29)14-4-2-1-3-5-14/h1-7,12,16H,8-11,13H2,(H,24,28)(H,25,29). The van der Waals surface area contributed by atoms with Crippen molar-refractivity contribution >= 4 is 40.9 Å². The molecular formula is C21H21Cl2N3O3. The first-order chi connectivity index (χ1) is 13.9. The van der Waals surface area contributed by atoms with Gasteiger partial charge in [-0.2, -0.15) is 0 Å². The van der Waals surface area contributed by atoms with E-state index < -0.39 is 0 Å². The normalized spacial score (nSPS) is 14.3. The van der Waals surface area contributed by atoms with Crippen LogP contribution in [0.25, 0.3) is 0 Å². The molecule has 0 spiro atoms. The lowest BCUT2D eigenvalue weighted by atomic mass is 10.0. The topological polar surface area (TPSA) is 78.5 Å². The minimum atomic E-state index is -0.387. The molecule has 1 saturated heterocycles. The number of carbonyl (C=O) groups is 3. The Kier molecular flexibility index (Phi) is 7.12. The van der Waals surface area contributed by atoms with Gasteiger partial charge in [-0.1, -0.05) is 41.4 Å². The van der Waals surface area contributed by atoms with Crippen LogP contribution in [0.1, 0.15) is 33.6 Å². The zero-order valence-electron chi connectivity index (χ0n) is 15.7. The summed E-state index contributed by atoms with van der Waals surface area (Å²) in [6.07, 6.45) is 1.34. The maximum absolute atomic E-state index is 12.4. The first kappa shape index (κ1) is 21.1. The number of piperidine rings is 1. The van der Waals surface area contributed by atoms with E-state index in [4.69, 9.17) is 23.2 Å². The van der Waals surface area contributed by atoms with Crippen molar-refractivity contribution in [1.82, 2.24) is 15.5 Å². The van der Waals surface area contributed by atoms with Gasteiger partial charge in [0.15, 0.2) is 0 Å². The zero-order valence-corrected chi connectivity index (χ0v) is 17.2. The van der Waals surface area contributed by atoms with Crippen molar-refractivity contribution in [2.45, 2.75) is 18.9 Å². The Morgan fingerprint density at radius 1 is 0.897 bits per heavy atom. The predicted octanol–water partition coefficient (Wildman–Crippen LogP) is 3.14. The van der Waals surface area contributed by atoms with Crippen LogP contribution in [0.3, 0.4) is 0 Å². The summed E-state index contributed by atoms with van der Waals surface area (Å²) < 4.78 is 0. The van der Waals surface area contributed by atoms with E-state index in [0.29, 0.717) is 42.1 Å². The Bertz CT molecular complexity index is 897. The summed E-state index contributed by atoms with van der Waals surface area (Å²) in [7, 11) is 0. The van der Waals surface area contributed by atoms with Gasteiger partial charge in [0, 0.05) is 30.3 Å². The predicted molar refractivity (Wildman–Crippen MR) is 112 cm³/mol. The Hall–Kier alpha value is -2.57. The van der Waals surface area contributed by atoms with Crippen LogP contribution in [0.5, 0.6) is 0 Å². The molecule has 29 heavy (non-hydrogen) atoms. The Labute approximate surface area is 179 Å². The molecule has 3 rings (SSSR count). The highest BCUT2D eigenvalue weighted by atomic mass is 35.5. The summed E-state index contributed by atoms with van der Waals surface area (Å²) in [6, 6.07) is 13.6. The smallest absolute Gasteiger partial charge is 0.251 e. The van der Waals surface area contributed by atoms with Gasteiger partial charge in [0.05, 0.1) is 16.6 Å². The second kappa shape index (κ2) is 9.76. The molecular weight excluding hydrogens is 413 g/mol. The van der Waals surface area contributed by atoms with E-state index in [1.807, 2.05) is 18.2 Å². The number of benzene rings is 2. The molecule has 0 atom stereocenters. The minimum Gasteiger partial charge on any atom is -0.349 e. The third kappa shape index (κ3) is 5.71. The second-order valence-corrected chi connectivity index (χ2v) is 7.62. The molecule has 0 bridgehead atoms. The second-order valence-electron chi connectivity index (χ2n) is 6.81. The average molecular weight is 434 g/mol. The van der Waals surface area contributed by atoms with Crippen molar-refractivity contribution < 1.29 is 14.4 Å². The van der Waals surface area contributed by atoms with E-state index in [2.05, 4.69) is 10.6 Å². The Morgan fingerprint density at radius 2 is 1.59 bits per heavy atom. The highest BCUT2D eigenvalue weighted by molar-refractivity contribution is 6.42. The molecule has 0 aromatic heterocycles. The Balaban J connectivity index is 1.43. The van der Waals surface area contributed by atoms with Gasteiger partial charge in [-0.3, -0.25) is 14.4 Å². The largest absolute Gasteiger partial charge is 0.349 e. The number of hydrogen-bond donors (Lipinski definition) is 2. The minimum absolute atomic E-state index is 0.0255. The van der Waals surface area contributed by atoms with Crippen LogP contribution < -0.4 is 10.6 Å². The highest BCUT2D eigenvalue weighted by Crippen LogP contribution is 2.22. The average Bonchev–Trinajstić information content (AvgIpc) is 2.74. The van der Waals surface area contributed by atoms with E-state index in [1.54, 1.807) is 23.1 Å². The molecule has 0 saturated carbocycles. The number of likely N-dealkylation sites (tertiary alicyclic amines) is 1. The fraction of sp³-hybridized carbons (Fsp3) is 0.286. The SMILES string of the molecule is O=C(NCC(=O)N1CCC(NC(=O)c2ccccc2)CC1)c1ccc(Cl)c(Cl)c1. The first-order valence-electron chi connectivity index (χ1n) is 9.31. The third-order valence-corrected chi connectivity index (χ3v) is 5.54. The molecule has 0 aliphatic carbocycles. The third-order valence-electron chi connectivity index (χ3n) is 4.80. The molecule has 0 unspecified atom stereocenters. The van der Waals surface area contributed by atoms with E-state index in [9.17, 15) is 14.4 Å². The summed E-state index contributed by atoms with van der Waals surface area (Å²) >= 11 is 11.8. The van der Waals surface area contributed by atoms with Crippen molar-refractivity contribution in [2.75, 3.05) is 19.6 Å². The van der Waals surface area contributed by atoms with Crippen molar-refractivity contribution in [1.29, 1.82) is 0 Å². The summed E-state index contributed by atoms with van der Waals surface area (Å²) in [5.41, 5.74) is 0.963. The maximum Gasteiger partial charge on any atom is 0.251 e. The number of rotatable bonds is 5. The maximum atomic E-state index is 12.4. The van der Waals surface area contributed by atoms with Gasteiger partial charge in [-0.05, 0) is 43.2 Å². The van der Waals surface area contributed by atoms with Gasteiger partial charge in [0.2, 0.25) is 5.91 Å². The molecule has 2 N–H and O–H groups in total. The molecule has 2 aromatic carbocycles. The van der Waals surface area contributed by atoms with Gasteiger partial charge in [0.1, 0.15) is 0 Å². The summed E-state index contributed by atoms with van der Waals surface area (Å²) in [4.78, 5) is 38.5. The van der Waals surface area contributed by atoms with Gasteiger partial charge < -0.3 is 15.5 Å². The van der Waals surface area contributed by atoms with Gasteiger partial charge in [0.25, 0.3) is 11.8 Å². The molecule has 152 valence electrons. The Morgan fingerprint density at radius 3 is 2.24 bits per heavy atom. The van der Waals surface area contributed by atoms with Gasteiger partial charge >= 0.3 is 0 Å². The van der Waals surface area contributed by atoms with E-state index >= 15 is 0 Å². The van der Waals surface area contributed by atoms with Crippen LogP contribution in [-0.2, 0) is 4.79 Å². The summed E-state index contributed by atoms with van der Waals surface area (Å²) in [5.74, 6) is -0.655. The van der Waals surface area contributed by atoms with Crippen LogP contribution in [0.2, 0.25) is 10.0 Å². The number of amides is 3. The lowest BCUT2D eigenvalue weighted by Gasteiger charge is -2.32. The van der Waals surface area contributed by atoms with Crippen LogP contribution in [0, 0.1) is 0 Å². The van der Waals surface area contributed by atoms with Crippen LogP contribution in [0.4, 0.5) is 0 Å². The van der Waals surface area contributed by atoms with Crippen molar-refractivity contribution in [2.24, 2.45) is 0 Å². The molecule has 1 aliphatic rings. The zero-order chi connectivity index (χ0) is 20.8. The number of nitrogens with one attached hydrogen (secondary N) is 2. The number of nitrogens with zero attached hydrogens (tertiary/aromatic N) is 1. The van der Waals surface area contributed by atoms with Crippen LogP contribution in [0.15, 0.2) is 48.5 Å². The van der Waals surface area contributed by atoms with Crippen molar-refractivity contribution in [3.63, 3.8) is 0 Å². The van der Waals surface area contributed by atoms with Gasteiger partial charge in [-0.15, -0.1) is 0 Å². The molecule has 1 aliphatic heterocycles. The molecule has 1 heterocycles. The fourth-order valence-corrected chi connectivity index (χ4v) is 3.44. The van der Waals surface area contributed by atoms with Gasteiger partial charge in [-0.25, -0.2) is 0 Å². The number of carbonyl (C=O) groups excluding carboxylic acids is 3. The van der Waals surface area contributed by atoms with Crippen LogP contribution in [-0.4, -0.2) is 48.3 Å². The highest BCUT2D eigenvalue weighted by Gasteiger charge is 2.24. The lowest BCUT2D eigenvalue weighted by Crippen LogP contribution is -2.49. The summed E-state index contributed by atoms with van der Waals surface area (Å²) in [6.45, 7) is 0.961. The molecule has 0 radical (unpaired) electrons. The lowest BCUT2D eigenvalue weighted by molar-refractivity contribution is -0.131. The molecule has 1 fully saturated rings. The molecule has 6 nitrogen and oxygen atoms in total. The van der Waals surface area contributed by atoms with Crippen LogP contribution >= 0.6 is 23.2 Å². The van der Waals surface area contributed by atoms with E-state index in [-0.39, 0.29) is 35.3 Å². The van der Waals surface area contributed by atoms with E-state index in [1.165, 1.54) is 12.1 Å². The van der Waals surface area contributed by atoms with E-state index in [0.717, 1.165) is 0 Å². The number of hydrogen-bond acceptors (Lipinski definition) is 3. The van der Waals surface area contributed by atoms with Crippen molar-refractivity contribution in [3.8, 4) is 0 Å². The monoisotopic (exact) mass is 433 g/mol. The molecule has 8 heteroatoms. The first-order valence-corrected chi connectivity index (χ1v) is 10.1. The molecule has 3 amide bonds. The number of halogens is 2. The quantitative estimate of drug-likeness (QED) is 0.759. The van der Waals surface area contributed by atoms with Crippen molar-refractivity contribution in [3.05, 3.63) is 69.7 Å². The molecule has 2 aromatic rings. The fourth-order valence-electron chi connectivity index (χ4n) is 3.14.